The van der Waals surface area contributed by atoms with Crippen LogP contribution in [0, 0.1) is 52.3 Å². The quantitative estimate of drug-likeness (QED) is 0.256. The number of hydrogen-bond acceptors (Lipinski definition) is 2. The van der Waals surface area contributed by atoms with Gasteiger partial charge in [0.1, 0.15) is 0 Å². The predicted molar refractivity (Wildman–Crippen MR) is 143 cm³/mol. The highest BCUT2D eigenvalue weighted by atomic mass is 15.3. The molecule has 3 N–H and O–H groups in total. The van der Waals surface area contributed by atoms with Gasteiger partial charge in [0.05, 0.1) is 0 Å². The highest BCUT2D eigenvalue weighted by Gasteiger charge is 2.64. The molecule has 6 aliphatic carbocycles. The fourth-order valence-corrected chi connectivity index (χ4v) is 11.5. The number of allylic oxidation sites excluding steroid dienone is 5. The van der Waals surface area contributed by atoms with Crippen LogP contribution in [0.4, 0.5) is 0 Å². The van der Waals surface area contributed by atoms with Crippen LogP contribution in [0.15, 0.2) is 36.0 Å². The molecule has 0 heterocycles. The van der Waals surface area contributed by atoms with Crippen LogP contribution >= 0.6 is 0 Å². The van der Waals surface area contributed by atoms with Crippen LogP contribution in [-0.2, 0) is 0 Å². The number of hydrazine groups is 1. The summed E-state index contributed by atoms with van der Waals surface area (Å²) >= 11 is 0. The van der Waals surface area contributed by atoms with E-state index in [0.717, 1.165) is 35.5 Å². The Bertz CT molecular complexity index is 885. The summed E-state index contributed by atoms with van der Waals surface area (Å²) in [6.45, 7) is 12.1. The van der Waals surface area contributed by atoms with Crippen molar-refractivity contribution in [3.8, 4) is 0 Å². The predicted octanol–water partition coefficient (Wildman–Crippen LogP) is 7.73. The van der Waals surface area contributed by atoms with Crippen molar-refractivity contribution in [1.29, 1.82) is 0 Å². The number of hydrogen-bond donors (Lipinski definition) is 2. The van der Waals surface area contributed by atoms with E-state index in [4.69, 9.17) is 5.84 Å². The van der Waals surface area contributed by atoms with Crippen molar-refractivity contribution < 1.29 is 0 Å². The summed E-state index contributed by atoms with van der Waals surface area (Å²) in [6, 6.07) is 0. The van der Waals surface area contributed by atoms with Gasteiger partial charge in [-0.3, -0.25) is 11.3 Å². The van der Waals surface area contributed by atoms with Gasteiger partial charge in [0.15, 0.2) is 0 Å². The normalized spacial score (nSPS) is 52.4. The van der Waals surface area contributed by atoms with Gasteiger partial charge in [0.25, 0.3) is 0 Å². The molecule has 0 aromatic rings. The number of nitrogens with two attached hydrogens (primary N) is 1. The molecule has 188 valence electrons. The molecule has 10 unspecified atom stereocenters. The molecule has 6 aliphatic rings. The molecular formula is C32H50N2. The van der Waals surface area contributed by atoms with Crippen LogP contribution < -0.4 is 11.3 Å². The average Bonchev–Trinajstić information content (AvgIpc) is 3.29. The van der Waals surface area contributed by atoms with Crippen LogP contribution in [0.1, 0.15) is 104 Å². The van der Waals surface area contributed by atoms with Gasteiger partial charge < -0.3 is 0 Å². The lowest BCUT2D eigenvalue weighted by atomic mass is 9.38. The summed E-state index contributed by atoms with van der Waals surface area (Å²) in [6.07, 6.45) is 25.2. The van der Waals surface area contributed by atoms with Crippen LogP contribution in [-0.4, -0.2) is 5.54 Å². The lowest BCUT2D eigenvalue weighted by Gasteiger charge is -2.67. The van der Waals surface area contributed by atoms with Gasteiger partial charge >= 0.3 is 0 Å². The first-order valence-corrected chi connectivity index (χ1v) is 14.9. The summed E-state index contributed by atoms with van der Waals surface area (Å²) in [5.74, 6) is 12.0. The van der Waals surface area contributed by atoms with E-state index in [-0.39, 0.29) is 5.54 Å². The minimum Gasteiger partial charge on any atom is -0.271 e. The first-order chi connectivity index (χ1) is 16.4. The largest absolute Gasteiger partial charge is 0.271 e. The topological polar surface area (TPSA) is 38.0 Å². The molecule has 4 fully saturated rings. The summed E-state index contributed by atoms with van der Waals surface area (Å²) in [7, 11) is 0. The summed E-state index contributed by atoms with van der Waals surface area (Å²) in [4.78, 5) is 0. The second kappa shape index (κ2) is 8.34. The summed E-state index contributed by atoms with van der Waals surface area (Å²) in [5.41, 5.74) is 8.07. The van der Waals surface area contributed by atoms with Crippen molar-refractivity contribution in [2.24, 2.45) is 58.1 Å². The molecule has 0 aliphatic heterocycles. The van der Waals surface area contributed by atoms with Crippen molar-refractivity contribution >= 4 is 0 Å². The van der Waals surface area contributed by atoms with Crippen molar-refractivity contribution in [2.45, 2.75) is 110 Å². The molecule has 10 atom stereocenters. The zero-order chi connectivity index (χ0) is 23.7. The summed E-state index contributed by atoms with van der Waals surface area (Å²) < 4.78 is 0. The van der Waals surface area contributed by atoms with Crippen LogP contribution in [0.3, 0.4) is 0 Å². The third-order valence-electron chi connectivity index (χ3n) is 13.2. The van der Waals surface area contributed by atoms with Gasteiger partial charge in [0, 0.05) is 5.54 Å². The molecule has 0 aromatic heterocycles. The summed E-state index contributed by atoms with van der Waals surface area (Å²) in [5, 5.41) is 0. The molecule has 4 saturated carbocycles. The van der Waals surface area contributed by atoms with Crippen LogP contribution in [0.5, 0.6) is 0 Å². The van der Waals surface area contributed by atoms with Crippen LogP contribution in [0.2, 0.25) is 0 Å². The Balaban J connectivity index is 1.27. The van der Waals surface area contributed by atoms with E-state index in [1.807, 2.05) is 0 Å². The Morgan fingerprint density at radius 1 is 0.941 bits per heavy atom. The van der Waals surface area contributed by atoms with Crippen molar-refractivity contribution in [3.63, 3.8) is 0 Å². The molecule has 2 nitrogen and oxygen atoms in total. The molecule has 0 radical (unpaired) electrons. The fraction of sp³-hybridized carbons (Fsp3) is 0.812. The van der Waals surface area contributed by atoms with Gasteiger partial charge in [-0.15, -0.1) is 6.58 Å². The Hall–Kier alpha value is -0.860. The van der Waals surface area contributed by atoms with Crippen molar-refractivity contribution in [2.75, 3.05) is 0 Å². The molecule has 0 spiro atoms. The van der Waals surface area contributed by atoms with Gasteiger partial charge in [-0.25, -0.2) is 0 Å². The number of fused-ring (bicyclic) bond motifs is 7. The van der Waals surface area contributed by atoms with Gasteiger partial charge in [-0.1, -0.05) is 45.4 Å². The number of rotatable bonds is 3. The maximum Gasteiger partial charge on any atom is 0.0352 e. The first kappa shape index (κ1) is 23.5. The standard InChI is InChI=1S/C32H50N2/c1-5-22-8-10-23(11-9-22)24-14-18-30(3)26(21(24)2)15-19-31(4)27-16-20-32(34-33)17-6-7-28(32)25(27)12-13-29(30)31/h5,10,14,21-22,25-29,34H,1,6-9,11-13,15-20,33H2,2-4H3. The van der Waals surface area contributed by atoms with E-state index < -0.39 is 0 Å². The maximum absolute atomic E-state index is 6.21. The smallest absolute Gasteiger partial charge is 0.0352 e. The minimum atomic E-state index is 0.265. The Morgan fingerprint density at radius 2 is 1.76 bits per heavy atom. The third kappa shape index (κ3) is 3.19. The molecule has 0 aromatic carbocycles. The molecule has 2 heteroatoms. The Kier molecular flexibility index (Phi) is 5.77. The highest BCUT2D eigenvalue weighted by molar-refractivity contribution is 5.38. The monoisotopic (exact) mass is 462 g/mol. The van der Waals surface area contributed by atoms with Gasteiger partial charge in [-0.05, 0) is 140 Å². The zero-order valence-electron chi connectivity index (χ0n) is 22.3. The van der Waals surface area contributed by atoms with E-state index in [0.29, 0.717) is 16.7 Å². The average molecular weight is 463 g/mol. The highest BCUT2D eigenvalue weighted by Crippen LogP contribution is 2.70. The van der Waals surface area contributed by atoms with Crippen molar-refractivity contribution in [3.05, 3.63) is 36.0 Å². The second-order valence-corrected chi connectivity index (χ2v) is 14.0. The van der Waals surface area contributed by atoms with Crippen LogP contribution in [0.25, 0.3) is 0 Å². The molecule has 34 heavy (non-hydrogen) atoms. The fourth-order valence-electron chi connectivity index (χ4n) is 11.5. The lowest BCUT2D eigenvalue weighted by molar-refractivity contribution is -0.166. The second-order valence-electron chi connectivity index (χ2n) is 14.0. The third-order valence-corrected chi connectivity index (χ3v) is 13.2. The van der Waals surface area contributed by atoms with Gasteiger partial charge in [-0.2, -0.15) is 0 Å². The Morgan fingerprint density at radius 3 is 2.50 bits per heavy atom. The number of nitrogens with one attached hydrogen (secondary N) is 1. The maximum atomic E-state index is 6.21. The van der Waals surface area contributed by atoms with E-state index in [2.05, 4.69) is 51.0 Å². The Labute approximate surface area is 209 Å². The molecular weight excluding hydrogens is 412 g/mol. The SMILES string of the molecule is C=CC1CC=C(C2=CCC3(C)C(CCC4(C)C5CCC6(NN)CCCC6C5CCC34)C2C)CC1. The minimum absolute atomic E-state index is 0.265. The van der Waals surface area contributed by atoms with E-state index in [9.17, 15) is 0 Å². The molecule has 0 bridgehead atoms. The van der Waals surface area contributed by atoms with E-state index in [1.165, 1.54) is 83.5 Å². The van der Waals surface area contributed by atoms with Crippen molar-refractivity contribution in [1.82, 2.24) is 5.43 Å². The molecule has 6 rings (SSSR count). The zero-order valence-corrected chi connectivity index (χ0v) is 22.3. The first-order valence-electron chi connectivity index (χ1n) is 14.9. The van der Waals surface area contributed by atoms with E-state index in [1.54, 1.807) is 11.1 Å². The van der Waals surface area contributed by atoms with Gasteiger partial charge in [0.2, 0.25) is 0 Å². The molecule has 0 saturated heterocycles. The molecule has 0 amide bonds. The van der Waals surface area contributed by atoms with E-state index >= 15 is 0 Å². The lowest BCUT2D eigenvalue weighted by Crippen LogP contribution is -2.63.